The molecule has 2 atom stereocenters. The van der Waals surface area contributed by atoms with Crippen molar-refractivity contribution in [3.63, 3.8) is 0 Å². The van der Waals surface area contributed by atoms with Crippen LogP contribution >= 0.6 is 0 Å². The fraction of sp³-hybridized carbons (Fsp3) is 0.400. The highest BCUT2D eigenvalue weighted by Gasteiger charge is 2.25. The van der Waals surface area contributed by atoms with Crippen LogP contribution in [0.3, 0.4) is 0 Å². The van der Waals surface area contributed by atoms with Crippen LogP contribution in [0, 0.1) is 0 Å². The SMILES string of the molecule is C[C@H](NC(=O)c1cn[nH]c1[C@@H]1CCOC1)c1ccccn1. The molecule has 2 aromatic heterocycles. The number of amides is 1. The van der Waals surface area contributed by atoms with Gasteiger partial charge in [-0.3, -0.25) is 14.9 Å². The van der Waals surface area contributed by atoms with Crippen molar-refractivity contribution < 1.29 is 9.53 Å². The number of carbonyl (C=O) groups is 1. The van der Waals surface area contributed by atoms with Crippen molar-refractivity contribution in [1.82, 2.24) is 20.5 Å². The number of nitrogens with one attached hydrogen (secondary N) is 2. The first-order valence-electron chi connectivity index (χ1n) is 7.08. The molecule has 0 bridgehead atoms. The number of H-pyrrole nitrogens is 1. The first kappa shape index (κ1) is 13.8. The minimum atomic E-state index is -0.152. The van der Waals surface area contributed by atoms with Gasteiger partial charge < -0.3 is 10.1 Å². The first-order valence-corrected chi connectivity index (χ1v) is 7.08. The van der Waals surface area contributed by atoms with Gasteiger partial charge in [-0.25, -0.2) is 0 Å². The van der Waals surface area contributed by atoms with Crippen LogP contribution in [-0.2, 0) is 4.74 Å². The number of carbonyl (C=O) groups excluding carboxylic acids is 1. The molecule has 6 nitrogen and oxygen atoms in total. The Balaban J connectivity index is 1.72. The third-order valence-corrected chi connectivity index (χ3v) is 3.73. The van der Waals surface area contributed by atoms with Crippen LogP contribution in [-0.4, -0.2) is 34.3 Å². The van der Waals surface area contributed by atoms with Gasteiger partial charge in [0.2, 0.25) is 0 Å². The van der Waals surface area contributed by atoms with Gasteiger partial charge in [0.25, 0.3) is 5.91 Å². The quantitative estimate of drug-likeness (QED) is 0.898. The van der Waals surface area contributed by atoms with Gasteiger partial charge >= 0.3 is 0 Å². The summed E-state index contributed by atoms with van der Waals surface area (Å²) in [6.45, 7) is 3.28. The lowest BCUT2D eigenvalue weighted by atomic mass is 10.0. The third-order valence-electron chi connectivity index (χ3n) is 3.73. The van der Waals surface area contributed by atoms with Gasteiger partial charge in [0.15, 0.2) is 0 Å². The zero-order chi connectivity index (χ0) is 14.7. The summed E-state index contributed by atoms with van der Waals surface area (Å²) in [5.74, 6) is 0.0854. The highest BCUT2D eigenvalue weighted by Crippen LogP contribution is 2.26. The molecule has 1 saturated heterocycles. The number of aromatic nitrogens is 3. The molecule has 1 amide bonds. The fourth-order valence-electron chi connectivity index (χ4n) is 2.53. The largest absolute Gasteiger partial charge is 0.381 e. The summed E-state index contributed by atoms with van der Waals surface area (Å²) in [4.78, 5) is 16.7. The standard InChI is InChI=1S/C15H18N4O2/c1-10(13-4-2-3-6-16-13)18-15(20)12-8-17-19-14(12)11-5-7-21-9-11/h2-4,6,8,10-11H,5,7,9H2,1H3,(H,17,19)(H,18,20)/t10-,11+/m0/s1. The van der Waals surface area contributed by atoms with Crippen molar-refractivity contribution in [2.75, 3.05) is 13.2 Å². The Bertz CT molecular complexity index is 605. The Morgan fingerprint density at radius 1 is 1.52 bits per heavy atom. The number of aromatic amines is 1. The number of pyridine rings is 1. The molecule has 2 aromatic rings. The molecule has 3 rings (SSSR count). The predicted molar refractivity (Wildman–Crippen MR) is 76.9 cm³/mol. The molecule has 0 spiro atoms. The molecule has 0 unspecified atom stereocenters. The predicted octanol–water partition coefficient (Wildman–Crippen LogP) is 1.80. The molecule has 3 heterocycles. The minimum Gasteiger partial charge on any atom is -0.381 e. The lowest BCUT2D eigenvalue weighted by molar-refractivity contribution is 0.0937. The number of rotatable bonds is 4. The Morgan fingerprint density at radius 2 is 2.43 bits per heavy atom. The minimum absolute atomic E-state index is 0.135. The van der Waals surface area contributed by atoms with Crippen LogP contribution in [0.15, 0.2) is 30.6 Å². The van der Waals surface area contributed by atoms with E-state index in [1.165, 1.54) is 0 Å². The summed E-state index contributed by atoms with van der Waals surface area (Å²) >= 11 is 0. The van der Waals surface area contributed by atoms with Crippen LogP contribution in [0.2, 0.25) is 0 Å². The van der Waals surface area contributed by atoms with Crippen molar-refractivity contribution in [3.8, 4) is 0 Å². The normalized spacial score (nSPS) is 19.4. The Morgan fingerprint density at radius 3 is 3.14 bits per heavy atom. The maximum absolute atomic E-state index is 12.4. The molecule has 1 aliphatic heterocycles. The van der Waals surface area contributed by atoms with Gasteiger partial charge in [0, 0.05) is 18.7 Å². The van der Waals surface area contributed by atoms with Crippen LogP contribution < -0.4 is 5.32 Å². The second-order valence-electron chi connectivity index (χ2n) is 5.21. The molecule has 1 fully saturated rings. The average molecular weight is 286 g/mol. The number of hydrogen-bond donors (Lipinski definition) is 2. The second kappa shape index (κ2) is 6.05. The summed E-state index contributed by atoms with van der Waals surface area (Å²) in [7, 11) is 0. The number of ether oxygens (including phenoxy) is 1. The zero-order valence-corrected chi connectivity index (χ0v) is 11.9. The van der Waals surface area contributed by atoms with Gasteiger partial charge in [-0.15, -0.1) is 0 Å². The van der Waals surface area contributed by atoms with E-state index in [0.29, 0.717) is 12.2 Å². The Hall–Kier alpha value is -2.21. The molecule has 0 aromatic carbocycles. The van der Waals surface area contributed by atoms with Crippen molar-refractivity contribution in [2.45, 2.75) is 25.3 Å². The summed E-state index contributed by atoms with van der Waals surface area (Å²) in [5.41, 5.74) is 2.28. The molecule has 0 radical (unpaired) electrons. The van der Waals surface area contributed by atoms with E-state index in [0.717, 1.165) is 24.4 Å². The Kier molecular flexibility index (Phi) is 3.96. The fourth-order valence-corrected chi connectivity index (χ4v) is 2.53. The molecule has 0 aliphatic carbocycles. The van der Waals surface area contributed by atoms with E-state index < -0.39 is 0 Å². The van der Waals surface area contributed by atoms with E-state index in [1.807, 2.05) is 25.1 Å². The topological polar surface area (TPSA) is 79.9 Å². The molecule has 6 heteroatoms. The zero-order valence-electron chi connectivity index (χ0n) is 11.9. The van der Waals surface area contributed by atoms with Gasteiger partial charge in [-0.2, -0.15) is 5.10 Å². The molecular weight excluding hydrogens is 268 g/mol. The van der Waals surface area contributed by atoms with E-state index in [-0.39, 0.29) is 17.9 Å². The van der Waals surface area contributed by atoms with Crippen molar-refractivity contribution in [1.29, 1.82) is 0 Å². The van der Waals surface area contributed by atoms with Gasteiger partial charge in [-0.05, 0) is 25.5 Å². The van der Waals surface area contributed by atoms with Crippen molar-refractivity contribution >= 4 is 5.91 Å². The van der Waals surface area contributed by atoms with Crippen LogP contribution in [0.4, 0.5) is 0 Å². The van der Waals surface area contributed by atoms with E-state index in [4.69, 9.17) is 4.74 Å². The molecule has 0 saturated carbocycles. The lowest BCUT2D eigenvalue weighted by Crippen LogP contribution is -2.28. The van der Waals surface area contributed by atoms with Gasteiger partial charge in [0.1, 0.15) is 0 Å². The maximum atomic E-state index is 12.4. The van der Waals surface area contributed by atoms with Gasteiger partial charge in [-0.1, -0.05) is 6.07 Å². The van der Waals surface area contributed by atoms with Crippen molar-refractivity contribution in [2.24, 2.45) is 0 Å². The maximum Gasteiger partial charge on any atom is 0.255 e. The number of nitrogens with zero attached hydrogens (tertiary/aromatic N) is 2. The molecule has 1 aliphatic rings. The first-order chi connectivity index (χ1) is 10.3. The van der Waals surface area contributed by atoms with Crippen LogP contribution in [0.25, 0.3) is 0 Å². The van der Waals surface area contributed by atoms with Gasteiger partial charge in [0.05, 0.1) is 35.8 Å². The molecule has 110 valence electrons. The van der Waals surface area contributed by atoms with E-state index in [2.05, 4.69) is 20.5 Å². The summed E-state index contributed by atoms with van der Waals surface area (Å²) in [5, 5.41) is 9.91. The summed E-state index contributed by atoms with van der Waals surface area (Å²) < 4.78 is 5.38. The lowest BCUT2D eigenvalue weighted by Gasteiger charge is -2.14. The van der Waals surface area contributed by atoms with Crippen LogP contribution in [0.1, 0.15) is 47.1 Å². The molecular formula is C15H18N4O2. The van der Waals surface area contributed by atoms with E-state index in [9.17, 15) is 4.79 Å². The van der Waals surface area contributed by atoms with E-state index >= 15 is 0 Å². The summed E-state index contributed by atoms with van der Waals surface area (Å²) in [6, 6.07) is 5.50. The highest BCUT2D eigenvalue weighted by atomic mass is 16.5. The third kappa shape index (κ3) is 2.95. The van der Waals surface area contributed by atoms with Crippen LogP contribution in [0.5, 0.6) is 0 Å². The molecule has 21 heavy (non-hydrogen) atoms. The molecule has 2 N–H and O–H groups in total. The highest BCUT2D eigenvalue weighted by molar-refractivity contribution is 5.95. The van der Waals surface area contributed by atoms with Crippen molar-refractivity contribution in [3.05, 3.63) is 47.5 Å². The average Bonchev–Trinajstić information content (AvgIpc) is 3.18. The number of hydrogen-bond acceptors (Lipinski definition) is 4. The van der Waals surface area contributed by atoms with E-state index in [1.54, 1.807) is 12.4 Å². The Labute approximate surface area is 122 Å². The smallest absolute Gasteiger partial charge is 0.255 e. The summed E-state index contributed by atoms with van der Waals surface area (Å²) in [6.07, 6.45) is 4.21. The second-order valence-corrected chi connectivity index (χ2v) is 5.21. The monoisotopic (exact) mass is 286 g/mol.